The van der Waals surface area contributed by atoms with Crippen LogP contribution in [0.25, 0.3) is 0 Å². The Kier molecular flexibility index (Phi) is 3.85. The lowest BCUT2D eigenvalue weighted by Crippen LogP contribution is -1.94. The summed E-state index contributed by atoms with van der Waals surface area (Å²) >= 11 is 9.27. The Morgan fingerprint density at radius 3 is 2.83 bits per heavy atom. The van der Waals surface area contributed by atoms with Gasteiger partial charge in [0, 0.05) is 15.7 Å². The molecule has 3 nitrogen and oxygen atoms in total. The smallest absolute Gasteiger partial charge is 0.183 e. The fraction of sp³-hybridized carbons (Fsp3) is 0.0769. The minimum Gasteiger partial charge on any atom is -0.454 e. The van der Waals surface area contributed by atoms with Gasteiger partial charge < -0.3 is 4.74 Å². The van der Waals surface area contributed by atoms with Gasteiger partial charge in [-0.25, -0.2) is 4.98 Å². The molecule has 1 aromatic heterocycles. The number of aryl methyl sites for hydroxylation is 1. The van der Waals surface area contributed by atoms with Crippen LogP contribution >= 0.6 is 27.5 Å². The van der Waals surface area contributed by atoms with Crippen molar-refractivity contribution < 1.29 is 4.74 Å². The zero-order valence-corrected chi connectivity index (χ0v) is 11.8. The van der Waals surface area contributed by atoms with Crippen LogP contribution in [-0.4, -0.2) is 4.98 Å². The van der Waals surface area contributed by atoms with Gasteiger partial charge >= 0.3 is 0 Å². The van der Waals surface area contributed by atoms with Crippen LogP contribution < -0.4 is 4.74 Å². The minimum atomic E-state index is 0.256. The van der Waals surface area contributed by atoms with Crippen molar-refractivity contribution in [2.45, 2.75) is 6.92 Å². The summed E-state index contributed by atoms with van der Waals surface area (Å²) in [4.78, 5) is 3.97. The Hall–Kier alpha value is -1.57. The van der Waals surface area contributed by atoms with Gasteiger partial charge in [0.15, 0.2) is 11.4 Å². The van der Waals surface area contributed by atoms with E-state index < -0.39 is 0 Å². The highest BCUT2D eigenvalue weighted by molar-refractivity contribution is 9.10. The highest BCUT2D eigenvalue weighted by atomic mass is 79.9. The van der Waals surface area contributed by atoms with Crippen LogP contribution in [0, 0.1) is 18.3 Å². The number of rotatable bonds is 2. The third kappa shape index (κ3) is 2.81. The zero-order valence-electron chi connectivity index (χ0n) is 9.45. The van der Waals surface area contributed by atoms with E-state index in [-0.39, 0.29) is 5.69 Å². The monoisotopic (exact) mass is 322 g/mol. The van der Waals surface area contributed by atoms with Crippen molar-refractivity contribution in [2.75, 3.05) is 0 Å². The number of pyridine rings is 1. The third-order valence-electron chi connectivity index (χ3n) is 2.26. The van der Waals surface area contributed by atoms with Crippen LogP contribution in [0.1, 0.15) is 11.3 Å². The van der Waals surface area contributed by atoms with E-state index in [0.29, 0.717) is 16.5 Å². The molecule has 0 saturated heterocycles. The minimum absolute atomic E-state index is 0.256. The molecule has 0 saturated carbocycles. The first kappa shape index (κ1) is 12.9. The lowest BCUT2D eigenvalue weighted by molar-refractivity contribution is 0.474. The fourth-order valence-corrected chi connectivity index (χ4v) is 2.29. The molecule has 0 aliphatic heterocycles. The van der Waals surface area contributed by atoms with E-state index >= 15 is 0 Å². The Balaban J connectivity index is 2.43. The molecule has 2 rings (SSSR count). The summed E-state index contributed by atoms with van der Waals surface area (Å²) in [6.45, 7) is 1.86. The number of nitrogens with zero attached hydrogens (tertiary/aromatic N) is 2. The fourth-order valence-electron chi connectivity index (χ4n) is 1.46. The van der Waals surface area contributed by atoms with Gasteiger partial charge in [-0.05, 0) is 36.8 Å². The van der Waals surface area contributed by atoms with Crippen LogP contribution in [-0.2, 0) is 0 Å². The topological polar surface area (TPSA) is 45.9 Å². The largest absolute Gasteiger partial charge is 0.454 e. The number of aromatic nitrogens is 1. The van der Waals surface area contributed by atoms with Crippen molar-refractivity contribution in [1.29, 1.82) is 5.26 Å². The number of halogens is 2. The molecule has 0 aliphatic rings. The summed E-state index contributed by atoms with van der Waals surface area (Å²) in [6, 6.07) is 9.01. The number of nitriles is 1. The van der Waals surface area contributed by atoms with Crippen molar-refractivity contribution in [3.8, 4) is 17.6 Å². The Morgan fingerprint density at radius 2 is 2.17 bits per heavy atom. The van der Waals surface area contributed by atoms with E-state index in [2.05, 4.69) is 20.9 Å². The number of ether oxygens (including phenoxy) is 1. The first-order valence-corrected chi connectivity index (χ1v) is 6.27. The molecule has 0 radical (unpaired) electrons. The molecule has 0 amide bonds. The van der Waals surface area contributed by atoms with Crippen molar-refractivity contribution in [3.63, 3.8) is 0 Å². The Labute approximate surface area is 118 Å². The van der Waals surface area contributed by atoms with Crippen LogP contribution in [0.5, 0.6) is 11.5 Å². The summed E-state index contributed by atoms with van der Waals surface area (Å²) in [5, 5.41) is 9.56. The predicted molar refractivity (Wildman–Crippen MR) is 72.9 cm³/mol. The highest BCUT2D eigenvalue weighted by Crippen LogP contribution is 2.31. The van der Waals surface area contributed by atoms with E-state index in [0.717, 1.165) is 10.0 Å². The Morgan fingerprint density at radius 1 is 1.39 bits per heavy atom. The first-order valence-electron chi connectivity index (χ1n) is 5.10. The van der Waals surface area contributed by atoms with Gasteiger partial charge in [0.05, 0.1) is 0 Å². The second kappa shape index (κ2) is 5.38. The van der Waals surface area contributed by atoms with E-state index in [9.17, 15) is 0 Å². The van der Waals surface area contributed by atoms with E-state index in [1.54, 1.807) is 30.5 Å². The van der Waals surface area contributed by atoms with Crippen molar-refractivity contribution >= 4 is 27.5 Å². The van der Waals surface area contributed by atoms with Crippen LogP contribution in [0.2, 0.25) is 5.02 Å². The van der Waals surface area contributed by atoms with Gasteiger partial charge in [0.2, 0.25) is 0 Å². The maximum atomic E-state index is 9.00. The molecule has 1 aromatic carbocycles. The second-order valence-corrected chi connectivity index (χ2v) is 4.98. The summed E-state index contributed by atoms with van der Waals surface area (Å²) < 4.78 is 6.50. The first-order chi connectivity index (χ1) is 8.60. The molecular formula is C13H8BrClN2O. The van der Waals surface area contributed by atoms with Crippen LogP contribution in [0.15, 0.2) is 34.9 Å². The van der Waals surface area contributed by atoms with Gasteiger partial charge in [-0.15, -0.1) is 0 Å². The average Bonchev–Trinajstić information content (AvgIpc) is 2.30. The molecule has 0 unspecified atom stereocenters. The molecule has 18 heavy (non-hydrogen) atoms. The number of hydrogen-bond acceptors (Lipinski definition) is 3. The summed E-state index contributed by atoms with van der Waals surface area (Å²) in [5.74, 6) is 1.01. The maximum Gasteiger partial charge on any atom is 0.183 e. The van der Waals surface area contributed by atoms with Crippen molar-refractivity contribution in [1.82, 2.24) is 4.98 Å². The van der Waals surface area contributed by atoms with Gasteiger partial charge in [-0.3, -0.25) is 0 Å². The lowest BCUT2D eigenvalue weighted by Gasteiger charge is -2.10. The molecule has 0 aliphatic carbocycles. The molecular weight excluding hydrogens is 316 g/mol. The standard InChI is InChI=1S/C13H8BrClN2O/c1-8-2-3-17-12(7-16)13(8)18-11-5-9(14)4-10(15)6-11/h2-6H,1H3. The SMILES string of the molecule is Cc1ccnc(C#N)c1Oc1cc(Cl)cc(Br)c1. The summed E-state index contributed by atoms with van der Waals surface area (Å²) in [5.41, 5.74) is 1.10. The summed E-state index contributed by atoms with van der Waals surface area (Å²) in [7, 11) is 0. The van der Waals surface area contributed by atoms with Gasteiger partial charge in [-0.2, -0.15) is 5.26 Å². The second-order valence-electron chi connectivity index (χ2n) is 3.62. The quantitative estimate of drug-likeness (QED) is 0.819. The number of benzene rings is 1. The van der Waals surface area contributed by atoms with Crippen LogP contribution in [0.4, 0.5) is 0 Å². The normalized spacial score (nSPS) is 9.89. The van der Waals surface area contributed by atoms with Gasteiger partial charge in [0.25, 0.3) is 0 Å². The zero-order chi connectivity index (χ0) is 13.1. The molecule has 0 atom stereocenters. The van der Waals surface area contributed by atoms with E-state index in [1.165, 1.54) is 0 Å². The maximum absolute atomic E-state index is 9.00. The number of hydrogen-bond donors (Lipinski definition) is 0. The van der Waals surface area contributed by atoms with Gasteiger partial charge in [0.1, 0.15) is 11.8 Å². The van der Waals surface area contributed by atoms with Crippen molar-refractivity contribution in [2.24, 2.45) is 0 Å². The van der Waals surface area contributed by atoms with E-state index in [1.807, 2.05) is 13.0 Å². The lowest BCUT2D eigenvalue weighted by atomic mass is 10.2. The third-order valence-corrected chi connectivity index (χ3v) is 2.94. The molecule has 1 heterocycles. The molecule has 2 aromatic rings. The summed E-state index contributed by atoms with van der Waals surface area (Å²) in [6.07, 6.45) is 1.58. The average molecular weight is 324 g/mol. The highest BCUT2D eigenvalue weighted by Gasteiger charge is 2.10. The van der Waals surface area contributed by atoms with Crippen LogP contribution in [0.3, 0.4) is 0 Å². The Bertz CT molecular complexity index is 617. The predicted octanol–water partition coefficient (Wildman–Crippen LogP) is 4.47. The molecule has 0 N–H and O–H groups in total. The molecule has 0 spiro atoms. The molecule has 90 valence electrons. The van der Waals surface area contributed by atoms with E-state index in [4.69, 9.17) is 21.6 Å². The molecule has 0 bridgehead atoms. The molecule has 0 fully saturated rings. The van der Waals surface area contributed by atoms with Crippen molar-refractivity contribution in [3.05, 3.63) is 51.2 Å². The molecule has 5 heteroatoms. The van der Waals surface area contributed by atoms with Gasteiger partial charge in [-0.1, -0.05) is 27.5 Å².